The summed E-state index contributed by atoms with van der Waals surface area (Å²) in [5.41, 5.74) is 1.23. The molecular weight excluding hydrogens is 279 g/mol. The lowest BCUT2D eigenvalue weighted by atomic mass is 10.1. The van der Waals surface area contributed by atoms with E-state index in [-0.39, 0.29) is 12.1 Å². The highest BCUT2D eigenvalue weighted by Gasteiger charge is 2.08. The number of benzene rings is 2. The monoisotopic (exact) mass is 290 g/mol. The van der Waals surface area contributed by atoms with E-state index in [9.17, 15) is 4.39 Å². The molecule has 1 N–H and O–H groups in total. The van der Waals surface area contributed by atoms with E-state index in [1.54, 1.807) is 30.3 Å². The summed E-state index contributed by atoms with van der Waals surface area (Å²) < 4.78 is 19.0. The number of ether oxygens (including phenoxy) is 1. The van der Waals surface area contributed by atoms with Gasteiger partial charge in [0.2, 0.25) is 0 Å². The molecule has 2 aromatic carbocycles. The van der Waals surface area contributed by atoms with Gasteiger partial charge in [0.05, 0.1) is 17.7 Å². The molecule has 0 atom stereocenters. The summed E-state index contributed by atoms with van der Waals surface area (Å²) in [6.07, 6.45) is 0. The van der Waals surface area contributed by atoms with E-state index >= 15 is 0 Å². The summed E-state index contributed by atoms with van der Waals surface area (Å²) in [5.74, 6) is 0.0475. The number of nitrogens with zero attached hydrogens (tertiary/aromatic N) is 1. The topological polar surface area (TPSA) is 45.0 Å². The maximum atomic E-state index is 13.9. The second-order valence-electron chi connectivity index (χ2n) is 4.09. The van der Waals surface area contributed by atoms with E-state index in [1.165, 1.54) is 13.2 Å². The molecule has 0 fully saturated rings. The van der Waals surface area contributed by atoms with Gasteiger partial charge in [0.1, 0.15) is 17.6 Å². The fraction of sp³-hybridized carbons (Fsp3) is 0.133. The van der Waals surface area contributed by atoms with Crippen molar-refractivity contribution >= 4 is 17.3 Å². The van der Waals surface area contributed by atoms with Crippen LogP contribution in [0.3, 0.4) is 0 Å². The Balaban J connectivity index is 2.15. The average Bonchev–Trinajstić information content (AvgIpc) is 2.47. The maximum absolute atomic E-state index is 13.9. The summed E-state index contributed by atoms with van der Waals surface area (Å²) in [6.45, 7) is 0.270. The molecule has 0 saturated heterocycles. The fourth-order valence-corrected chi connectivity index (χ4v) is 1.96. The van der Waals surface area contributed by atoms with E-state index in [4.69, 9.17) is 21.6 Å². The van der Waals surface area contributed by atoms with E-state index < -0.39 is 5.82 Å². The van der Waals surface area contributed by atoms with Gasteiger partial charge in [0, 0.05) is 23.9 Å². The first-order valence-electron chi connectivity index (χ1n) is 5.90. The van der Waals surface area contributed by atoms with Crippen molar-refractivity contribution in [2.24, 2.45) is 0 Å². The molecule has 20 heavy (non-hydrogen) atoms. The van der Waals surface area contributed by atoms with E-state index in [1.807, 2.05) is 6.07 Å². The van der Waals surface area contributed by atoms with Gasteiger partial charge >= 0.3 is 0 Å². The number of methoxy groups -OCH3 is 1. The van der Waals surface area contributed by atoms with Crippen LogP contribution in [0.25, 0.3) is 0 Å². The molecule has 0 spiro atoms. The molecule has 0 aliphatic heterocycles. The Bertz CT molecular complexity index is 667. The first-order chi connectivity index (χ1) is 9.65. The summed E-state index contributed by atoms with van der Waals surface area (Å²) in [4.78, 5) is 0. The van der Waals surface area contributed by atoms with Crippen molar-refractivity contribution in [3.63, 3.8) is 0 Å². The van der Waals surface area contributed by atoms with Gasteiger partial charge in [-0.05, 0) is 18.2 Å². The Labute approximate surface area is 121 Å². The highest BCUT2D eigenvalue weighted by molar-refractivity contribution is 6.32. The quantitative estimate of drug-likeness (QED) is 0.926. The third kappa shape index (κ3) is 3.01. The van der Waals surface area contributed by atoms with E-state index in [0.717, 1.165) is 5.69 Å². The van der Waals surface area contributed by atoms with Gasteiger partial charge in [-0.25, -0.2) is 4.39 Å². The van der Waals surface area contributed by atoms with E-state index in [0.29, 0.717) is 16.3 Å². The minimum Gasteiger partial charge on any atom is -0.495 e. The van der Waals surface area contributed by atoms with Crippen molar-refractivity contribution < 1.29 is 9.13 Å². The highest BCUT2D eigenvalue weighted by Crippen LogP contribution is 2.27. The average molecular weight is 291 g/mol. The van der Waals surface area contributed by atoms with Crippen molar-refractivity contribution in [2.45, 2.75) is 6.54 Å². The molecule has 0 radical (unpaired) electrons. The number of hydrogen-bond acceptors (Lipinski definition) is 3. The van der Waals surface area contributed by atoms with Crippen LogP contribution in [0, 0.1) is 17.1 Å². The van der Waals surface area contributed by atoms with Gasteiger partial charge < -0.3 is 10.1 Å². The molecule has 3 nitrogen and oxygen atoms in total. The standard InChI is InChI=1S/C15H12ClFN2O/c1-20-14-7-12(5-6-13(14)16)19-9-11-4-2-3-10(8-18)15(11)17/h2-7,19H,9H2,1H3. The lowest BCUT2D eigenvalue weighted by Crippen LogP contribution is -2.03. The zero-order chi connectivity index (χ0) is 14.5. The van der Waals surface area contributed by atoms with Crippen LogP contribution >= 0.6 is 11.6 Å². The van der Waals surface area contributed by atoms with Crippen molar-refractivity contribution in [3.8, 4) is 11.8 Å². The zero-order valence-electron chi connectivity index (χ0n) is 10.8. The number of rotatable bonds is 4. The molecule has 0 aliphatic carbocycles. The van der Waals surface area contributed by atoms with Crippen LogP contribution in [0.5, 0.6) is 5.75 Å². The number of nitriles is 1. The highest BCUT2D eigenvalue weighted by atomic mass is 35.5. The Morgan fingerprint density at radius 1 is 1.35 bits per heavy atom. The normalized spacial score (nSPS) is 9.90. The molecule has 0 amide bonds. The molecule has 0 bridgehead atoms. The van der Waals surface area contributed by atoms with Crippen molar-refractivity contribution in [1.29, 1.82) is 5.26 Å². The largest absolute Gasteiger partial charge is 0.495 e. The molecule has 5 heteroatoms. The Hall–Kier alpha value is -2.25. The van der Waals surface area contributed by atoms with Crippen LogP contribution < -0.4 is 10.1 Å². The lowest BCUT2D eigenvalue weighted by Gasteiger charge is -2.10. The predicted molar refractivity (Wildman–Crippen MR) is 76.4 cm³/mol. The first-order valence-corrected chi connectivity index (χ1v) is 6.28. The molecule has 0 saturated carbocycles. The van der Waals surface area contributed by atoms with Gasteiger partial charge in [0.25, 0.3) is 0 Å². The van der Waals surface area contributed by atoms with Crippen LogP contribution in [0.1, 0.15) is 11.1 Å². The molecular formula is C15H12ClFN2O. The van der Waals surface area contributed by atoms with Crippen LogP contribution in [0.4, 0.5) is 10.1 Å². The molecule has 2 aromatic rings. The van der Waals surface area contributed by atoms with Gasteiger partial charge in [-0.2, -0.15) is 5.26 Å². The molecule has 2 rings (SSSR count). The number of hydrogen-bond donors (Lipinski definition) is 1. The summed E-state index contributed by atoms with van der Waals surface area (Å²) in [5, 5.41) is 12.4. The molecule has 0 aromatic heterocycles. The van der Waals surface area contributed by atoms with Gasteiger partial charge in [0.15, 0.2) is 0 Å². The van der Waals surface area contributed by atoms with Gasteiger partial charge in [-0.15, -0.1) is 0 Å². The van der Waals surface area contributed by atoms with Crippen LogP contribution in [0.2, 0.25) is 5.02 Å². The summed E-state index contributed by atoms with van der Waals surface area (Å²) in [6, 6.07) is 11.8. The van der Waals surface area contributed by atoms with Crippen LogP contribution in [-0.4, -0.2) is 7.11 Å². The Morgan fingerprint density at radius 3 is 2.85 bits per heavy atom. The third-order valence-corrected chi connectivity index (χ3v) is 3.15. The number of halogens is 2. The smallest absolute Gasteiger partial charge is 0.145 e. The molecule has 102 valence electrons. The number of anilines is 1. The van der Waals surface area contributed by atoms with Crippen molar-refractivity contribution in [2.75, 3.05) is 12.4 Å². The maximum Gasteiger partial charge on any atom is 0.145 e. The Kier molecular flexibility index (Phi) is 4.44. The molecule has 0 heterocycles. The summed E-state index contributed by atoms with van der Waals surface area (Å²) in [7, 11) is 1.53. The van der Waals surface area contributed by atoms with Crippen molar-refractivity contribution in [3.05, 3.63) is 58.4 Å². The second kappa shape index (κ2) is 6.27. The third-order valence-electron chi connectivity index (χ3n) is 2.83. The van der Waals surface area contributed by atoms with Crippen molar-refractivity contribution in [1.82, 2.24) is 0 Å². The predicted octanol–water partition coefficient (Wildman–Crippen LogP) is 3.97. The Morgan fingerprint density at radius 2 is 2.15 bits per heavy atom. The number of nitrogens with one attached hydrogen (secondary N) is 1. The van der Waals surface area contributed by atoms with E-state index in [2.05, 4.69) is 5.32 Å². The van der Waals surface area contributed by atoms with Gasteiger partial charge in [-0.3, -0.25) is 0 Å². The minimum absolute atomic E-state index is 0.0398. The minimum atomic E-state index is -0.497. The van der Waals surface area contributed by atoms with Crippen LogP contribution in [-0.2, 0) is 6.54 Å². The molecule has 0 aliphatic rings. The summed E-state index contributed by atoms with van der Waals surface area (Å²) >= 11 is 5.93. The SMILES string of the molecule is COc1cc(NCc2cccc(C#N)c2F)ccc1Cl. The second-order valence-corrected chi connectivity index (χ2v) is 4.50. The fourth-order valence-electron chi connectivity index (χ4n) is 1.77. The lowest BCUT2D eigenvalue weighted by molar-refractivity contribution is 0.415. The first kappa shape index (κ1) is 14.2. The zero-order valence-corrected chi connectivity index (χ0v) is 11.5. The van der Waals surface area contributed by atoms with Gasteiger partial charge in [-0.1, -0.05) is 23.7 Å². The molecule has 0 unspecified atom stereocenters. The van der Waals surface area contributed by atoms with Crippen LogP contribution in [0.15, 0.2) is 36.4 Å².